The first-order valence-electron chi connectivity index (χ1n) is 43.9. The van der Waals surface area contributed by atoms with E-state index in [-0.39, 0.29) is 36.8 Å². The Balaban J connectivity index is 0.000000110. The number of carbonyl (C=O) groups excluding carboxylic acids is 5. The van der Waals surface area contributed by atoms with Gasteiger partial charge in [0.15, 0.2) is 0 Å². The molecule has 6 N–H and O–H groups in total. The normalized spacial score (nSPS) is 26.0. The minimum atomic E-state index is -0.382. The lowest BCUT2D eigenvalue weighted by molar-refractivity contribution is -0.136. The zero-order valence-electron chi connectivity index (χ0n) is 71.7. The van der Waals surface area contributed by atoms with Crippen molar-refractivity contribution in [2.45, 2.75) is 152 Å². The first-order chi connectivity index (χ1) is 60.3. The number of hydrogen-bond acceptors (Lipinski definition) is 27. The van der Waals surface area contributed by atoms with E-state index in [0.29, 0.717) is 107 Å². The molecule has 6 aliphatic carbocycles. The third-order valence-electron chi connectivity index (χ3n) is 29.1. The molecular weight excluding hydrogens is 1600 g/mol. The predicted molar refractivity (Wildman–Crippen MR) is 470 cm³/mol. The molecule has 21 rings (SSSR count). The van der Waals surface area contributed by atoms with Gasteiger partial charge in [0.25, 0.3) is 0 Å². The number of anilines is 5. The van der Waals surface area contributed by atoms with Gasteiger partial charge in [0.05, 0.1) is 53.6 Å². The average Bonchev–Trinajstić information content (AvgIpc) is 1.66. The summed E-state index contributed by atoms with van der Waals surface area (Å²) in [5, 5.41) is 23.8. The number of carbonyl (C=O) groups is 5. The van der Waals surface area contributed by atoms with Crippen LogP contribution in [0.4, 0.5) is 33.9 Å². The number of aliphatic hydroxyl groups is 1. The maximum absolute atomic E-state index is 12.8. The molecule has 6 saturated carbocycles. The van der Waals surface area contributed by atoms with E-state index in [1.165, 1.54) is 32.2 Å². The highest BCUT2D eigenvalue weighted by Crippen LogP contribution is 2.48. The minimum absolute atomic E-state index is 0.00682. The summed E-state index contributed by atoms with van der Waals surface area (Å²) in [5.41, 5.74) is 4.35. The van der Waals surface area contributed by atoms with Gasteiger partial charge in [-0.15, -0.1) is 4.37 Å². The standard InChI is InChI=1S/C20H25N7O2S.C18H22N6O.2C17H23N5O2.C16H20N4O/c1-26(19-15-3-5-21-18(15)22-11-23-19)14-7-12-4-6-27(10-13(12)8-14)17(28)9-16-24-20(29-2)25-30-16;1-23(18-15-3-6-20-17(15)21-11-22-18)14-8-12-4-7-24(10-13(12)9-14)16(25)2-5-19;1-21(16-14-3-5-18-15(14)19-10-20-16)13-7-11-4-6-22(17(23)24-2)9-12(11)8-13;1-21(17-14-2-4-18-16(14)19-10-20-17)13-6-11-3-5-22(15(24)9-23)8-12(11)7-13;1-20(16-14-4-5-17-15(14)18-9-19-16)12-6-10-2-3-13(21)8-11(10)7-12/h3,5,11-14H,4,6-10H2,1-2H3,(H,21,22,23);3,6,11-14H,2,4,7-10H2,1H3,(H,20,21,22);3,5,10-13H,4,6-9H2,1-2H3,(H,18,19,20);2,4,10-13,23H,3,5-9H2,1H3,(H,18,19,20);4-5,9-12H,2-3,6-8H2,1H3,(H,17,18,19)/t2*12-,13-,14?;2*11-,12-,13?;10-,11-,12+/m00001/s1. The summed E-state index contributed by atoms with van der Waals surface area (Å²) in [5.74, 6) is 11.4. The molecular formula is C88H113N27O8S. The molecule has 0 aromatic carbocycles. The highest BCUT2D eigenvalue weighted by Gasteiger charge is 2.47. The van der Waals surface area contributed by atoms with Crippen molar-refractivity contribution in [3.8, 4) is 12.1 Å². The molecule has 36 heteroatoms. The third-order valence-corrected chi connectivity index (χ3v) is 29.8. The van der Waals surface area contributed by atoms with Crippen molar-refractivity contribution in [2.24, 2.45) is 59.2 Å². The van der Waals surface area contributed by atoms with E-state index in [2.05, 4.69) is 144 Å². The average molecular weight is 1710 g/mol. The number of rotatable bonds is 15. The first-order valence-corrected chi connectivity index (χ1v) is 44.7. The van der Waals surface area contributed by atoms with E-state index >= 15 is 0 Å². The number of aromatic amines is 5. The summed E-state index contributed by atoms with van der Waals surface area (Å²) in [6.45, 7) is 6.00. The van der Waals surface area contributed by atoms with Gasteiger partial charge >= 0.3 is 12.1 Å². The quantitative estimate of drug-likeness (QED) is 0.0555. The lowest BCUT2D eigenvalue weighted by Crippen LogP contribution is -2.43. The Morgan fingerprint density at radius 1 is 0.444 bits per heavy atom. The smallest absolute Gasteiger partial charge is 0.409 e. The van der Waals surface area contributed by atoms with E-state index in [9.17, 15) is 24.0 Å². The van der Waals surface area contributed by atoms with Crippen LogP contribution in [0.15, 0.2) is 93.0 Å². The molecule has 0 spiro atoms. The van der Waals surface area contributed by atoms with Gasteiger partial charge in [-0.2, -0.15) is 10.2 Å². The number of Topliss-reactive ketones (excluding diaryl/α,β-unsaturated/α-hetero) is 1. The van der Waals surface area contributed by atoms with E-state index in [1.54, 1.807) is 31.6 Å². The van der Waals surface area contributed by atoms with Gasteiger partial charge in [0.2, 0.25) is 17.7 Å². The number of methoxy groups -OCH3 is 2. The van der Waals surface area contributed by atoms with Crippen LogP contribution in [0.1, 0.15) is 121 Å². The number of ketones is 1. The topological polar surface area (TPSA) is 411 Å². The van der Waals surface area contributed by atoms with Crippen LogP contribution >= 0.6 is 11.5 Å². The van der Waals surface area contributed by atoms with E-state index in [0.717, 1.165) is 245 Å². The van der Waals surface area contributed by atoms with Gasteiger partial charge in [-0.05, 0) is 197 Å². The molecule has 0 radical (unpaired) electrons. The second kappa shape index (κ2) is 37.4. The molecule has 15 atom stereocenters. The fourth-order valence-electron chi connectivity index (χ4n) is 22.4. The molecule has 35 nitrogen and oxygen atoms in total. The number of fused-ring (bicyclic) bond motifs is 10. The number of ether oxygens (including phenoxy) is 2. The Labute approximate surface area is 723 Å². The van der Waals surface area contributed by atoms with Crippen LogP contribution in [0.2, 0.25) is 0 Å². The number of piperidine rings is 4. The van der Waals surface area contributed by atoms with Crippen molar-refractivity contribution in [1.29, 1.82) is 5.26 Å². The Morgan fingerprint density at radius 2 is 0.758 bits per heavy atom. The monoisotopic (exact) mass is 1710 g/mol. The highest BCUT2D eigenvalue weighted by atomic mass is 32.1. The van der Waals surface area contributed by atoms with Gasteiger partial charge in [0, 0.05) is 162 Å². The lowest BCUT2D eigenvalue weighted by atomic mass is 9.81. The Bertz CT molecular complexity index is 5480. The summed E-state index contributed by atoms with van der Waals surface area (Å²) in [4.78, 5) is 143. The molecule has 15 heterocycles. The zero-order valence-corrected chi connectivity index (χ0v) is 72.5. The molecule has 4 aliphatic heterocycles. The molecule has 4 unspecified atom stereocenters. The maximum Gasteiger partial charge on any atom is 0.409 e. The largest absolute Gasteiger partial charge is 0.466 e. The molecule has 4 amide bonds. The Kier molecular flexibility index (Phi) is 25.5. The first kappa shape index (κ1) is 84.5. The molecule has 124 heavy (non-hydrogen) atoms. The van der Waals surface area contributed by atoms with Crippen LogP contribution in [0.3, 0.4) is 0 Å². The summed E-state index contributed by atoms with van der Waals surface area (Å²) in [7, 11) is 13.6. The van der Waals surface area contributed by atoms with Gasteiger partial charge in [0.1, 0.15) is 113 Å². The van der Waals surface area contributed by atoms with E-state index in [4.69, 9.17) is 19.8 Å². The predicted octanol–water partition coefficient (Wildman–Crippen LogP) is 9.88. The van der Waals surface area contributed by atoms with Crippen molar-refractivity contribution in [3.63, 3.8) is 0 Å². The number of amides is 4. The third kappa shape index (κ3) is 17.9. The molecule has 11 aromatic rings. The summed E-state index contributed by atoms with van der Waals surface area (Å²) in [6.07, 6.45) is 35.7. The van der Waals surface area contributed by atoms with Crippen LogP contribution in [0.25, 0.3) is 55.2 Å². The van der Waals surface area contributed by atoms with Crippen molar-refractivity contribution in [3.05, 3.63) is 98.0 Å². The van der Waals surface area contributed by atoms with E-state index in [1.807, 2.05) is 87.0 Å². The SMILES string of the molecule is CN(c1ncnc2[nH]ccc12)C1C[C@@H]2CCN(C(=O)CC#N)C[C@@H]2C1.CN(c1ncnc2[nH]ccc12)C1C[C@@H]2CCN(C(=O)CO)C[C@@H]2C1.CN(c1ncnc2[nH]ccc12)[C@H]1C[C@H]2CCC(=O)C[C@H]2C1.COC(=O)N1CC[C@H]2CC(N(C)c3ncnc4[nH]ccc34)C[C@H]2C1.COc1nsc(CC(=O)N2CC[C@H]3CC(N(C)c4ncnc5[nH]ccc45)C[C@H]3C2)n1. The van der Waals surface area contributed by atoms with Gasteiger partial charge in [-0.3, -0.25) is 19.2 Å². The van der Waals surface area contributed by atoms with Gasteiger partial charge < -0.3 is 83.6 Å². The van der Waals surface area contributed by atoms with E-state index < -0.39 is 0 Å². The fourth-order valence-corrected chi connectivity index (χ4v) is 23.0. The number of nitrogens with one attached hydrogen (secondary N) is 5. The van der Waals surface area contributed by atoms with Crippen LogP contribution in [-0.4, -0.2) is 277 Å². The summed E-state index contributed by atoms with van der Waals surface area (Å²) in [6, 6.07) is 14.7. The second-order valence-corrected chi connectivity index (χ2v) is 36.5. The number of aromatic nitrogens is 17. The van der Waals surface area contributed by atoms with Gasteiger partial charge in [-0.1, -0.05) is 0 Å². The molecule has 10 fully saturated rings. The summed E-state index contributed by atoms with van der Waals surface area (Å²) >= 11 is 1.23. The van der Waals surface area contributed by atoms with Gasteiger partial charge in [-0.25, -0.2) is 54.6 Å². The molecule has 11 aromatic heterocycles. The number of hydrogen-bond donors (Lipinski definition) is 6. The minimum Gasteiger partial charge on any atom is -0.466 e. The van der Waals surface area contributed by atoms with Crippen LogP contribution in [-0.2, 0) is 30.3 Å². The number of aliphatic hydroxyl groups excluding tert-OH is 1. The molecule has 4 saturated heterocycles. The number of H-pyrrole nitrogens is 5. The van der Waals surface area contributed by atoms with Crippen molar-refractivity contribution >= 4 is 125 Å². The Morgan fingerprint density at radius 3 is 1.09 bits per heavy atom. The van der Waals surface area contributed by atoms with Crippen LogP contribution < -0.4 is 29.2 Å². The van der Waals surface area contributed by atoms with Crippen LogP contribution in [0, 0.1) is 70.5 Å². The maximum atomic E-state index is 12.8. The molecule has 10 aliphatic rings. The number of nitrogens with zero attached hydrogens (tertiary/aromatic N) is 22. The molecule has 654 valence electrons. The zero-order chi connectivity index (χ0) is 85.8. The Hall–Kier alpha value is -11.7. The van der Waals surface area contributed by atoms with Crippen molar-refractivity contribution in [1.82, 2.24) is 104 Å². The highest BCUT2D eigenvalue weighted by molar-refractivity contribution is 7.05. The van der Waals surface area contributed by atoms with Crippen molar-refractivity contribution in [2.75, 3.05) is 133 Å². The van der Waals surface area contributed by atoms with Crippen LogP contribution in [0.5, 0.6) is 6.01 Å². The molecule has 0 bridgehead atoms. The summed E-state index contributed by atoms with van der Waals surface area (Å²) < 4.78 is 14.0. The van der Waals surface area contributed by atoms with Crippen molar-refractivity contribution < 1.29 is 38.6 Å². The number of nitriles is 1. The number of likely N-dealkylation sites (tertiary alicyclic amines) is 4. The fraction of sp³-hybridized carbons (Fsp3) is 0.568. The lowest BCUT2D eigenvalue weighted by Gasteiger charge is -2.34. The second-order valence-electron chi connectivity index (χ2n) is 35.7.